The van der Waals surface area contributed by atoms with Crippen LogP contribution < -0.4 is 5.32 Å². The number of ether oxygens (including phenoxy) is 1. The van der Waals surface area contributed by atoms with E-state index in [-0.39, 0.29) is 11.8 Å². The van der Waals surface area contributed by atoms with Gasteiger partial charge in [-0.25, -0.2) is 0 Å². The number of hydrogen-bond donors (Lipinski definition) is 1. The summed E-state index contributed by atoms with van der Waals surface area (Å²) in [5.74, 6) is 0.815. The Morgan fingerprint density at radius 2 is 2.27 bits per heavy atom. The molecule has 0 aromatic rings. The van der Waals surface area contributed by atoms with E-state index in [9.17, 15) is 0 Å². The van der Waals surface area contributed by atoms with Gasteiger partial charge in [0.15, 0.2) is 0 Å². The second kappa shape index (κ2) is 4.40. The van der Waals surface area contributed by atoms with Crippen LogP contribution in [0.5, 0.6) is 0 Å². The van der Waals surface area contributed by atoms with Crippen molar-refractivity contribution in [2.45, 2.75) is 44.9 Å². The standard InChI is InChI=1S/C12H24N2O/c1-12(2)9-15-11(13-12)7-10-5-4-6-14(3)8-10/h10-11,13H,4-9H2,1-3H3. The molecule has 2 atom stereocenters. The molecular formula is C12H24N2O. The lowest BCUT2D eigenvalue weighted by atomic mass is 9.94. The van der Waals surface area contributed by atoms with Crippen molar-refractivity contribution in [3.63, 3.8) is 0 Å². The van der Waals surface area contributed by atoms with E-state index >= 15 is 0 Å². The molecule has 88 valence electrons. The molecule has 2 saturated heterocycles. The van der Waals surface area contributed by atoms with E-state index in [0.717, 1.165) is 12.5 Å². The molecule has 3 heteroatoms. The molecule has 15 heavy (non-hydrogen) atoms. The first kappa shape index (κ1) is 11.4. The smallest absolute Gasteiger partial charge is 0.109 e. The predicted octanol–water partition coefficient (Wildman–Crippen LogP) is 1.44. The average Bonchev–Trinajstić information content (AvgIpc) is 2.45. The number of likely N-dealkylation sites (tertiary alicyclic amines) is 1. The van der Waals surface area contributed by atoms with Gasteiger partial charge in [0, 0.05) is 12.1 Å². The molecule has 0 radical (unpaired) electrons. The molecule has 0 spiro atoms. The zero-order valence-electron chi connectivity index (χ0n) is 10.3. The minimum Gasteiger partial charge on any atom is -0.361 e. The second-order valence-corrected chi connectivity index (χ2v) is 5.83. The maximum absolute atomic E-state index is 5.78. The van der Waals surface area contributed by atoms with Gasteiger partial charge in [-0.2, -0.15) is 0 Å². The van der Waals surface area contributed by atoms with Crippen LogP contribution in [0.15, 0.2) is 0 Å². The minimum absolute atomic E-state index is 0.172. The first-order valence-corrected chi connectivity index (χ1v) is 6.13. The third kappa shape index (κ3) is 3.16. The van der Waals surface area contributed by atoms with Crippen LogP contribution in [0.3, 0.4) is 0 Å². The third-order valence-corrected chi connectivity index (χ3v) is 3.47. The number of hydrogen-bond acceptors (Lipinski definition) is 3. The number of piperidine rings is 1. The lowest BCUT2D eigenvalue weighted by Crippen LogP contribution is -2.41. The summed E-state index contributed by atoms with van der Waals surface area (Å²) >= 11 is 0. The van der Waals surface area contributed by atoms with Crippen molar-refractivity contribution >= 4 is 0 Å². The zero-order chi connectivity index (χ0) is 10.9. The van der Waals surface area contributed by atoms with E-state index in [2.05, 4.69) is 31.1 Å². The second-order valence-electron chi connectivity index (χ2n) is 5.83. The normalized spacial score (nSPS) is 37.0. The van der Waals surface area contributed by atoms with Gasteiger partial charge >= 0.3 is 0 Å². The highest BCUT2D eigenvalue weighted by Crippen LogP contribution is 2.24. The summed E-state index contributed by atoms with van der Waals surface area (Å²) in [6.45, 7) is 7.77. The molecule has 0 aromatic carbocycles. The van der Waals surface area contributed by atoms with Crippen molar-refractivity contribution in [1.82, 2.24) is 10.2 Å². The van der Waals surface area contributed by atoms with E-state index in [1.54, 1.807) is 0 Å². The summed E-state index contributed by atoms with van der Waals surface area (Å²) < 4.78 is 5.78. The lowest BCUT2D eigenvalue weighted by molar-refractivity contribution is 0.0633. The Hall–Kier alpha value is -0.120. The molecule has 2 heterocycles. The van der Waals surface area contributed by atoms with Crippen LogP contribution >= 0.6 is 0 Å². The summed E-state index contributed by atoms with van der Waals surface area (Å²) in [6.07, 6.45) is 4.17. The molecule has 0 saturated carbocycles. The van der Waals surface area contributed by atoms with Crippen LogP contribution in [0.4, 0.5) is 0 Å². The largest absolute Gasteiger partial charge is 0.361 e. The molecule has 2 aliphatic heterocycles. The van der Waals surface area contributed by atoms with Gasteiger partial charge in [0.2, 0.25) is 0 Å². The Bertz CT molecular complexity index is 218. The highest BCUT2D eigenvalue weighted by molar-refractivity contribution is 4.86. The average molecular weight is 212 g/mol. The maximum atomic E-state index is 5.78. The zero-order valence-corrected chi connectivity index (χ0v) is 10.3. The summed E-state index contributed by atoms with van der Waals surface area (Å²) in [6, 6.07) is 0. The Balaban J connectivity index is 1.77. The van der Waals surface area contributed by atoms with E-state index in [1.807, 2.05) is 0 Å². The summed E-state index contributed by atoms with van der Waals surface area (Å²) in [5.41, 5.74) is 0.172. The van der Waals surface area contributed by atoms with Crippen LogP contribution in [-0.4, -0.2) is 43.4 Å². The topological polar surface area (TPSA) is 24.5 Å². The monoisotopic (exact) mass is 212 g/mol. The number of rotatable bonds is 2. The molecule has 2 unspecified atom stereocenters. The van der Waals surface area contributed by atoms with Crippen LogP contribution in [0.1, 0.15) is 33.1 Å². The molecule has 3 nitrogen and oxygen atoms in total. The van der Waals surface area contributed by atoms with Gasteiger partial charge in [-0.3, -0.25) is 5.32 Å². The maximum Gasteiger partial charge on any atom is 0.109 e. The van der Waals surface area contributed by atoms with Gasteiger partial charge < -0.3 is 9.64 Å². The SMILES string of the molecule is CN1CCCC(CC2NC(C)(C)CO2)C1. The highest BCUT2D eigenvalue weighted by Gasteiger charge is 2.32. The number of nitrogens with zero attached hydrogens (tertiary/aromatic N) is 1. The van der Waals surface area contributed by atoms with Crippen LogP contribution in [0.2, 0.25) is 0 Å². The van der Waals surface area contributed by atoms with Gasteiger partial charge in [0.1, 0.15) is 6.23 Å². The van der Waals surface area contributed by atoms with Gasteiger partial charge in [0.05, 0.1) is 6.61 Å². The first-order valence-electron chi connectivity index (χ1n) is 6.13. The van der Waals surface area contributed by atoms with E-state index in [1.165, 1.54) is 32.4 Å². The van der Waals surface area contributed by atoms with Crippen molar-refractivity contribution in [3.05, 3.63) is 0 Å². The van der Waals surface area contributed by atoms with Crippen LogP contribution in [-0.2, 0) is 4.74 Å². The molecule has 2 aliphatic rings. The quantitative estimate of drug-likeness (QED) is 0.749. The molecule has 0 amide bonds. The summed E-state index contributed by atoms with van der Waals surface area (Å²) in [7, 11) is 2.22. The Kier molecular flexibility index (Phi) is 3.33. The fourth-order valence-corrected chi connectivity index (χ4v) is 2.72. The van der Waals surface area contributed by atoms with Crippen molar-refractivity contribution in [2.24, 2.45) is 5.92 Å². The van der Waals surface area contributed by atoms with E-state index in [0.29, 0.717) is 0 Å². The van der Waals surface area contributed by atoms with Crippen molar-refractivity contribution in [3.8, 4) is 0 Å². The molecule has 2 fully saturated rings. The number of nitrogens with one attached hydrogen (secondary N) is 1. The van der Waals surface area contributed by atoms with Crippen molar-refractivity contribution in [1.29, 1.82) is 0 Å². The first-order chi connectivity index (χ1) is 7.05. The summed E-state index contributed by atoms with van der Waals surface area (Å²) in [4.78, 5) is 2.44. The molecular weight excluding hydrogens is 188 g/mol. The molecule has 0 aliphatic carbocycles. The fourth-order valence-electron chi connectivity index (χ4n) is 2.72. The third-order valence-electron chi connectivity index (χ3n) is 3.47. The minimum atomic E-state index is 0.172. The van der Waals surface area contributed by atoms with Crippen molar-refractivity contribution in [2.75, 3.05) is 26.7 Å². The fraction of sp³-hybridized carbons (Fsp3) is 1.00. The Morgan fingerprint density at radius 3 is 2.87 bits per heavy atom. The van der Waals surface area contributed by atoms with Gasteiger partial charge in [0.25, 0.3) is 0 Å². The van der Waals surface area contributed by atoms with E-state index in [4.69, 9.17) is 4.74 Å². The van der Waals surface area contributed by atoms with Gasteiger partial charge in [-0.15, -0.1) is 0 Å². The highest BCUT2D eigenvalue weighted by atomic mass is 16.5. The van der Waals surface area contributed by atoms with Gasteiger partial charge in [-0.1, -0.05) is 0 Å². The Morgan fingerprint density at radius 1 is 1.47 bits per heavy atom. The van der Waals surface area contributed by atoms with Gasteiger partial charge in [-0.05, 0) is 52.6 Å². The van der Waals surface area contributed by atoms with E-state index < -0.39 is 0 Å². The predicted molar refractivity (Wildman–Crippen MR) is 61.8 cm³/mol. The lowest BCUT2D eigenvalue weighted by Gasteiger charge is -2.31. The summed E-state index contributed by atoms with van der Waals surface area (Å²) in [5, 5.41) is 3.55. The van der Waals surface area contributed by atoms with Crippen molar-refractivity contribution < 1.29 is 4.74 Å². The molecule has 1 N–H and O–H groups in total. The van der Waals surface area contributed by atoms with Crippen LogP contribution in [0, 0.1) is 5.92 Å². The molecule has 0 aromatic heterocycles. The van der Waals surface area contributed by atoms with Crippen LogP contribution in [0.25, 0.3) is 0 Å². The molecule has 2 rings (SSSR count). The Labute approximate surface area is 93.2 Å². The molecule has 0 bridgehead atoms.